The minimum absolute atomic E-state index is 0.0136. The Morgan fingerprint density at radius 3 is 2.86 bits per heavy atom. The summed E-state index contributed by atoms with van der Waals surface area (Å²) in [6.45, 7) is 8.78. The molecular weight excluding hydrogens is 286 g/mol. The van der Waals surface area contributed by atoms with Crippen LogP contribution in [0, 0.1) is 13.8 Å². The summed E-state index contributed by atoms with van der Waals surface area (Å²) in [7, 11) is 0. The van der Waals surface area contributed by atoms with Crippen LogP contribution in [0.1, 0.15) is 47.7 Å². The molecule has 0 aliphatic carbocycles. The van der Waals surface area contributed by atoms with E-state index in [1.165, 1.54) is 0 Å². The number of hydrogen-bond donors (Lipinski definition) is 1. The second-order valence-corrected chi connectivity index (χ2v) is 6.38. The predicted octanol–water partition coefficient (Wildman–Crippen LogP) is 2.18. The highest BCUT2D eigenvalue weighted by Crippen LogP contribution is 2.18. The first-order valence-electron chi connectivity index (χ1n) is 7.11. The Morgan fingerprint density at radius 1 is 1.48 bits per heavy atom. The molecule has 0 aromatic carbocycles. The molecule has 1 N–H and O–H groups in total. The third-order valence-electron chi connectivity index (χ3n) is 3.20. The van der Waals surface area contributed by atoms with Crippen molar-refractivity contribution in [2.24, 2.45) is 0 Å². The van der Waals surface area contributed by atoms with Gasteiger partial charge in [0.1, 0.15) is 6.33 Å². The van der Waals surface area contributed by atoms with Crippen LogP contribution in [0.4, 0.5) is 0 Å². The van der Waals surface area contributed by atoms with Crippen molar-refractivity contribution in [2.75, 3.05) is 0 Å². The van der Waals surface area contributed by atoms with Gasteiger partial charge in [0.25, 0.3) is 0 Å². The van der Waals surface area contributed by atoms with Crippen LogP contribution in [-0.2, 0) is 17.8 Å². The van der Waals surface area contributed by atoms with Gasteiger partial charge in [-0.05, 0) is 27.2 Å². The first-order chi connectivity index (χ1) is 10.0. The maximum Gasteiger partial charge on any atom is 0.225 e. The molecule has 114 valence electrons. The SMILES string of the molecule is CCCn1cnnc1C(C)NC(=O)Cc1sc(C)nc1C. The van der Waals surface area contributed by atoms with Crippen LogP contribution in [0.3, 0.4) is 0 Å². The van der Waals surface area contributed by atoms with Gasteiger partial charge < -0.3 is 9.88 Å². The summed E-state index contributed by atoms with van der Waals surface area (Å²) >= 11 is 1.57. The lowest BCUT2D eigenvalue weighted by molar-refractivity contribution is -0.121. The van der Waals surface area contributed by atoms with Gasteiger partial charge in [-0.15, -0.1) is 21.5 Å². The highest BCUT2D eigenvalue weighted by molar-refractivity contribution is 7.11. The van der Waals surface area contributed by atoms with Crippen LogP contribution in [-0.4, -0.2) is 25.7 Å². The Morgan fingerprint density at radius 2 is 2.24 bits per heavy atom. The smallest absolute Gasteiger partial charge is 0.225 e. The van der Waals surface area contributed by atoms with Gasteiger partial charge in [-0.3, -0.25) is 4.79 Å². The fraction of sp³-hybridized carbons (Fsp3) is 0.571. The molecule has 0 spiro atoms. The van der Waals surface area contributed by atoms with Crippen molar-refractivity contribution in [3.63, 3.8) is 0 Å². The van der Waals surface area contributed by atoms with Crippen LogP contribution in [0.2, 0.25) is 0 Å². The van der Waals surface area contributed by atoms with E-state index < -0.39 is 0 Å². The Bertz CT molecular complexity index is 619. The molecular formula is C14H21N5OS. The first kappa shape index (κ1) is 15.6. The predicted molar refractivity (Wildman–Crippen MR) is 82.2 cm³/mol. The first-order valence-corrected chi connectivity index (χ1v) is 7.92. The maximum absolute atomic E-state index is 12.2. The van der Waals surface area contributed by atoms with E-state index in [9.17, 15) is 4.79 Å². The van der Waals surface area contributed by atoms with Gasteiger partial charge in [-0.1, -0.05) is 6.92 Å². The van der Waals surface area contributed by atoms with Gasteiger partial charge in [0.15, 0.2) is 5.82 Å². The van der Waals surface area contributed by atoms with E-state index in [-0.39, 0.29) is 11.9 Å². The largest absolute Gasteiger partial charge is 0.346 e. The summed E-state index contributed by atoms with van der Waals surface area (Å²) in [6.07, 6.45) is 3.08. The van der Waals surface area contributed by atoms with Crippen molar-refractivity contribution < 1.29 is 4.79 Å². The lowest BCUT2D eigenvalue weighted by atomic mass is 10.2. The van der Waals surface area contributed by atoms with Crippen LogP contribution in [0.5, 0.6) is 0 Å². The minimum atomic E-state index is -0.152. The average molecular weight is 307 g/mol. The zero-order valence-corrected chi connectivity index (χ0v) is 13.7. The number of carbonyl (C=O) groups excluding carboxylic acids is 1. The van der Waals surface area contributed by atoms with E-state index in [0.717, 1.165) is 34.4 Å². The lowest BCUT2D eigenvalue weighted by Gasteiger charge is -2.14. The molecule has 0 aliphatic rings. The van der Waals surface area contributed by atoms with Crippen LogP contribution < -0.4 is 5.32 Å². The number of nitrogens with one attached hydrogen (secondary N) is 1. The van der Waals surface area contributed by atoms with Crippen molar-refractivity contribution in [1.29, 1.82) is 0 Å². The van der Waals surface area contributed by atoms with Gasteiger partial charge in [0, 0.05) is 11.4 Å². The van der Waals surface area contributed by atoms with Crippen LogP contribution >= 0.6 is 11.3 Å². The van der Waals surface area contributed by atoms with E-state index in [1.807, 2.05) is 25.3 Å². The second kappa shape index (κ2) is 6.80. The summed E-state index contributed by atoms with van der Waals surface area (Å²) in [5.41, 5.74) is 0.939. The molecule has 1 atom stereocenters. The molecule has 0 bridgehead atoms. The van der Waals surface area contributed by atoms with Crippen molar-refractivity contribution in [1.82, 2.24) is 25.1 Å². The Hall–Kier alpha value is -1.76. The van der Waals surface area contributed by atoms with Crippen LogP contribution in [0.25, 0.3) is 0 Å². The average Bonchev–Trinajstić information content (AvgIpc) is 2.97. The van der Waals surface area contributed by atoms with Crippen molar-refractivity contribution in [3.05, 3.63) is 27.7 Å². The molecule has 6 nitrogen and oxygen atoms in total. The Kier molecular flexibility index (Phi) is 5.06. The standard InChI is InChI=1S/C14H21N5OS/c1-5-6-19-8-15-18-14(19)10(3)17-13(20)7-12-9(2)16-11(4)21-12/h8,10H,5-7H2,1-4H3,(H,17,20). The normalized spacial score (nSPS) is 12.4. The molecule has 0 aliphatic heterocycles. The van der Waals surface area contributed by atoms with E-state index in [0.29, 0.717) is 6.42 Å². The number of carbonyl (C=O) groups is 1. The van der Waals surface area contributed by atoms with Crippen molar-refractivity contribution in [2.45, 2.75) is 53.1 Å². The van der Waals surface area contributed by atoms with Gasteiger partial charge >= 0.3 is 0 Å². The number of thiazole rings is 1. The van der Waals surface area contributed by atoms with Crippen molar-refractivity contribution >= 4 is 17.2 Å². The molecule has 0 fully saturated rings. The van der Waals surface area contributed by atoms with Gasteiger partial charge in [0.2, 0.25) is 5.91 Å². The molecule has 2 heterocycles. The molecule has 21 heavy (non-hydrogen) atoms. The zero-order chi connectivity index (χ0) is 15.4. The Balaban J connectivity index is 1.98. The van der Waals surface area contributed by atoms with Crippen LogP contribution in [0.15, 0.2) is 6.33 Å². The van der Waals surface area contributed by atoms with Gasteiger partial charge in [-0.25, -0.2) is 4.98 Å². The third kappa shape index (κ3) is 3.87. The van der Waals surface area contributed by atoms with Gasteiger partial charge in [-0.2, -0.15) is 0 Å². The quantitative estimate of drug-likeness (QED) is 0.888. The fourth-order valence-corrected chi connectivity index (χ4v) is 3.19. The zero-order valence-electron chi connectivity index (χ0n) is 12.9. The highest BCUT2D eigenvalue weighted by atomic mass is 32.1. The summed E-state index contributed by atoms with van der Waals surface area (Å²) in [5.74, 6) is 0.780. The van der Waals surface area contributed by atoms with E-state index in [2.05, 4.69) is 27.4 Å². The highest BCUT2D eigenvalue weighted by Gasteiger charge is 2.17. The molecule has 0 saturated heterocycles. The molecule has 2 rings (SSSR count). The molecule has 1 unspecified atom stereocenters. The molecule has 7 heteroatoms. The third-order valence-corrected chi connectivity index (χ3v) is 4.27. The second-order valence-electron chi connectivity index (χ2n) is 5.09. The van der Waals surface area contributed by atoms with E-state index >= 15 is 0 Å². The fourth-order valence-electron chi connectivity index (χ4n) is 2.25. The summed E-state index contributed by atoms with van der Waals surface area (Å²) in [6, 6.07) is -0.152. The monoisotopic (exact) mass is 307 g/mol. The number of hydrogen-bond acceptors (Lipinski definition) is 5. The summed E-state index contributed by atoms with van der Waals surface area (Å²) in [4.78, 5) is 17.5. The van der Waals surface area contributed by atoms with Crippen molar-refractivity contribution in [3.8, 4) is 0 Å². The molecule has 0 radical (unpaired) electrons. The number of rotatable bonds is 6. The number of aryl methyl sites for hydroxylation is 3. The maximum atomic E-state index is 12.2. The number of amides is 1. The van der Waals surface area contributed by atoms with Gasteiger partial charge in [0.05, 0.1) is 23.2 Å². The number of aromatic nitrogens is 4. The summed E-state index contributed by atoms with van der Waals surface area (Å²) in [5, 5.41) is 12.0. The Labute approximate surface area is 128 Å². The number of nitrogens with zero attached hydrogens (tertiary/aromatic N) is 4. The topological polar surface area (TPSA) is 72.7 Å². The minimum Gasteiger partial charge on any atom is -0.346 e. The van der Waals surface area contributed by atoms with E-state index in [1.54, 1.807) is 17.7 Å². The molecule has 2 aromatic rings. The summed E-state index contributed by atoms with van der Waals surface area (Å²) < 4.78 is 1.98. The molecule has 1 amide bonds. The van der Waals surface area contributed by atoms with E-state index in [4.69, 9.17) is 0 Å². The molecule has 0 saturated carbocycles. The lowest BCUT2D eigenvalue weighted by Crippen LogP contribution is -2.30. The molecule has 2 aromatic heterocycles.